The fourth-order valence-corrected chi connectivity index (χ4v) is 4.03. The molecular weight excluding hydrogens is 304 g/mol. The summed E-state index contributed by atoms with van der Waals surface area (Å²) in [6.07, 6.45) is 4.20. The van der Waals surface area contributed by atoms with Crippen LogP contribution in [0.5, 0.6) is 0 Å². The number of fused-ring (bicyclic) bond motifs is 2. The molecule has 2 fully saturated rings. The first-order valence-electron chi connectivity index (χ1n) is 8.61. The number of aryl methyl sites for hydroxylation is 1. The molecule has 2 aromatic rings. The van der Waals surface area contributed by atoms with Gasteiger partial charge in [-0.15, -0.1) is 0 Å². The molecule has 1 aromatic carbocycles. The Morgan fingerprint density at radius 2 is 1.88 bits per heavy atom. The average Bonchev–Trinajstić information content (AvgIpc) is 3.04. The van der Waals surface area contributed by atoms with Crippen molar-refractivity contribution in [3.63, 3.8) is 0 Å². The molecule has 5 nitrogen and oxygen atoms in total. The molecule has 5 heteroatoms. The van der Waals surface area contributed by atoms with E-state index in [1.165, 1.54) is 6.39 Å². The summed E-state index contributed by atoms with van der Waals surface area (Å²) in [5.74, 6) is 0.812. The minimum Gasteiger partial charge on any atom is -0.443 e. The van der Waals surface area contributed by atoms with Crippen LogP contribution in [0.3, 0.4) is 0 Å². The average molecular weight is 326 g/mol. The highest BCUT2D eigenvalue weighted by Crippen LogP contribution is 2.36. The minimum atomic E-state index is -0.267. The van der Waals surface area contributed by atoms with E-state index in [2.05, 4.69) is 4.98 Å². The Morgan fingerprint density at radius 3 is 2.54 bits per heavy atom. The summed E-state index contributed by atoms with van der Waals surface area (Å²) in [5.41, 5.74) is 2.39. The third-order valence-electron chi connectivity index (χ3n) is 5.40. The number of rotatable bonds is 2. The Labute approximate surface area is 141 Å². The van der Waals surface area contributed by atoms with Crippen molar-refractivity contribution in [3.05, 3.63) is 41.9 Å². The second kappa shape index (κ2) is 6.06. The van der Waals surface area contributed by atoms with Gasteiger partial charge in [0.2, 0.25) is 0 Å². The van der Waals surface area contributed by atoms with E-state index in [1.807, 2.05) is 36.1 Å². The smallest absolute Gasteiger partial charge is 0.276 e. The van der Waals surface area contributed by atoms with Crippen molar-refractivity contribution >= 4 is 5.91 Å². The highest BCUT2D eigenvalue weighted by Gasteiger charge is 2.40. The molecule has 126 valence electrons. The van der Waals surface area contributed by atoms with Crippen molar-refractivity contribution in [1.82, 2.24) is 9.88 Å². The number of likely N-dealkylation sites (tertiary alicyclic amines) is 1. The van der Waals surface area contributed by atoms with E-state index in [4.69, 9.17) is 4.42 Å². The predicted octanol–water partition coefficient (Wildman–Crippen LogP) is 2.88. The number of amides is 1. The van der Waals surface area contributed by atoms with Crippen LogP contribution in [0.25, 0.3) is 11.3 Å². The second-order valence-electron chi connectivity index (χ2n) is 7.05. The zero-order chi connectivity index (χ0) is 16.7. The van der Waals surface area contributed by atoms with E-state index >= 15 is 0 Å². The van der Waals surface area contributed by atoms with Gasteiger partial charge in [0.1, 0.15) is 0 Å². The van der Waals surface area contributed by atoms with Crippen LogP contribution < -0.4 is 0 Å². The normalized spacial score (nSPS) is 26.4. The molecule has 2 bridgehead atoms. The molecule has 1 unspecified atom stereocenters. The van der Waals surface area contributed by atoms with Gasteiger partial charge in [0.15, 0.2) is 17.8 Å². The van der Waals surface area contributed by atoms with Crippen LogP contribution in [0.15, 0.2) is 35.1 Å². The molecule has 2 heterocycles. The van der Waals surface area contributed by atoms with Crippen molar-refractivity contribution in [3.8, 4) is 11.3 Å². The summed E-state index contributed by atoms with van der Waals surface area (Å²) in [7, 11) is 0. The topological polar surface area (TPSA) is 66.6 Å². The fraction of sp³-hybridized carbons (Fsp3) is 0.474. The first-order chi connectivity index (χ1) is 11.6. The van der Waals surface area contributed by atoms with Crippen LogP contribution in [-0.2, 0) is 0 Å². The summed E-state index contributed by atoms with van der Waals surface area (Å²) < 4.78 is 5.51. The Hall–Kier alpha value is -2.14. The number of carbonyl (C=O) groups is 1. The Morgan fingerprint density at radius 1 is 1.21 bits per heavy atom. The summed E-state index contributed by atoms with van der Waals surface area (Å²) in [5, 5.41) is 10.3. The number of aliphatic hydroxyl groups excluding tert-OH is 1. The van der Waals surface area contributed by atoms with Gasteiger partial charge in [0, 0.05) is 30.5 Å². The number of carbonyl (C=O) groups excluding carboxylic acids is 1. The van der Waals surface area contributed by atoms with Gasteiger partial charge in [0.25, 0.3) is 5.91 Å². The third-order valence-corrected chi connectivity index (χ3v) is 5.40. The van der Waals surface area contributed by atoms with Crippen LogP contribution in [-0.4, -0.2) is 40.1 Å². The number of hydrogen-bond donors (Lipinski definition) is 1. The molecule has 1 aliphatic heterocycles. The van der Waals surface area contributed by atoms with Crippen LogP contribution in [0.1, 0.15) is 35.3 Å². The monoisotopic (exact) mass is 326 g/mol. The van der Waals surface area contributed by atoms with Gasteiger partial charge in [-0.25, -0.2) is 4.98 Å². The number of oxazole rings is 1. The highest BCUT2D eigenvalue weighted by atomic mass is 16.3. The lowest BCUT2D eigenvalue weighted by molar-refractivity contribution is -0.0414. The number of aliphatic hydroxyl groups is 1. The first kappa shape index (κ1) is 15.4. The maximum Gasteiger partial charge on any atom is 0.276 e. The fourth-order valence-electron chi connectivity index (χ4n) is 4.03. The molecular formula is C19H22N2O3. The molecule has 24 heavy (non-hydrogen) atoms. The summed E-state index contributed by atoms with van der Waals surface area (Å²) >= 11 is 0. The number of benzene rings is 1. The molecule has 1 saturated carbocycles. The molecule has 0 spiro atoms. The number of nitrogens with zero attached hydrogens (tertiary/aromatic N) is 2. The molecule has 4 rings (SSSR count). The molecule has 0 radical (unpaired) electrons. The minimum absolute atomic E-state index is 0.0943. The molecule has 1 aromatic heterocycles. The first-order valence-corrected chi connectivity index (χ1v) is 8.61. The third kappa shape index (κ3) is 2.63. The van der Waals surface area contributed by atoms with E-state index in [1.54, 1.807) is 0 Å². The number of aromatic nitrogens is 1. The van der Waals surface area contributed by atoms with Crippen molar-refractivity contribution < 1.29 is 14.3 Å². The summed E-state index contributed by atoms with van der Waals surface area (Å²) in [6, 6.07) is 7.88. The van der Waals surface area contributed by atoms with Gasteiger partial charge < -0.3 is 14.4 Å². The Kier molecular flexibility index (Phi) is 3.88. The molecule has 1 saturated heterocycles. The van der Waals surface area contributed by atoms with Crippen molar-refractivity contribution in [1.29, 1.82) is 0 Å². The highest BCUT2D eigenvalue weighted by molar-refractivity contribution is 5.97. The molecule has 1 aliphatic carbocycles. The van der Waals surface area contributed by atoms with Gasteiger partial charge >= 0.3 is 0 Å². The van der Waals surface area contributed by atoms with Gasteiger partial charge in [-0.05, 0) is 19.8 Å². The lowest BCUT2D eigenvalue weighted by Crippen LogP contribution is -2.53. The number of hydrogen-bond acceptors (Lipinski definition) is 4. The van der Waals surface area contributed by atoms with Crippen molar-refractivity contribution in [2.45, 2.75) is 32.3 Å². The summed E-state index contributed by atoms with van der Waals surface area (Å²) in [4.78, 5) is 19.0. The van der Waals surface area contributed by atoms with E-state index in [-0.39, 0.29) is 23.8 Å². The van der Waals surface area contributed by atoms with E-state index in [0.717, 1.165) is 30.4 Å². The van der Waals surface area contributed by atoms with E-state index < -0.39 is 0 Å². The Bertz CT molecular complexity index is 723. The van der Waals surface area contributed by atoms with Crippen molar-refractivity contribution in [2.24, 2.45) is 11.8 Å². The van der Waals surface area contributed by atoms with Gasteiger partial charge in [0.05, 0.1) is 6.10 Å². The van der Waals surface area contributed by atoms with Gasteiger partial charge in [-0.1, -0.05) is 36.2 Å². The van der Waals surface area contributed by atoms with Gasteiger partial charge in [-0.2, -0.15) is 0 Å². The van der Waals surface area contributed by atoms with E-state index in [9.17, 15) is 9.90 Å². The lowest BCUT2D eigenvalue weighted by atomic mass is 9.75. The van der Waals surface area contributed by atoms with Crippen LogP contribution in [0.2, 0.25) is 0 Å². The van der Waals surface area contributed by atoms with E-state index in [0.29, 0.717) is 24.5 Å². The van der Waals surface area contributed by atoms with Crippen LogP contribution >= 0.6 is 0 Å². The maximum atomic E-state index is 13.0. The maximum absolute atomic E-state index is 13.0. The lowest BCUT2D eigenvalue weighted by Gasteiger charge is -2.44. The van der Waals surface area contributed by atoms with Crippen molar-refractivity contribution in [2.75, 3.05) is 13.1 Å². The Balaban J connectivity index is 1.60. The second-order valence-corrected chi connectivity index (χ2v) is 7.05. The zero-order valence-corrected chi connectivity index (χ0v) is 13.8. The van der Waals surface area contributed by atoms with Crippen LogP contribution in [0.4, 0.5) is 0 Å². The van der Waals surface area contributed by atoms with Gasteiger partial charge in [-0.3, -0.25) is 4.79 Å². The zero-order valence-electron chi connectivity index (χ0n) is 13.8. The number of piperidine rings is 1. The van der Waals surface area contributed by atoms with Crippen LogP contribution in [0, 0.1) is 18.8 Å². The standard InChI is InChI=1S/C19H22N2O3/c1-12-5-7-13(8-6-12)18-16(20-11-24-18)19(23)21-9-14-3-2-4-15(10-21)17(14)22/h5-8,11,14-15,17,22H,2-4,9-10H2,1H3/t14-,15+,17?. The molecule has 3 atom stereocenters. The largest absolute Gasteiger partial charge is 0.443 e. The SMILES string of the molecule is Cc1ccc(-c2ocnc2C(=O)N2C[C@H]3CCC[C@@H](C2)C3O)cc1. The summed E-state index contributed by atoms with van der Waals surface area (Å²) in [6.45, 7) is 3.24. The molecule has 1 amide bonds. The quantitative estimate of drug-likeness (QED) is 0.921. The molecule has 2 aliphatic rings. The predicted molar refractivity (Wildman–Crippen MR) is 89.4 cm³/mol. The molecule has 1 N–H and O–H groups in total.